The Morgan fingerprint density at radius 2 is 1.89 bits per heavy atom. The number of rotatable bonds is 1. The van der Waals surface area contributed by atoms with Crippen molar-refractivity contribution in [3.05, 3.63) is 39.0 Å². The molecule has 4 N–H and O–H groups in total. The molecule has 0 aliphatic carbocycles. The summed E-state index contributed by atoms with van der Waals surface area (Å²) >= 11 is 0. The van der Waals surface area contributed by atoms with E-state index < -0.39 is 11.2 Å². The Kier molecular flexibility index (Phi) is 2.18. The van der Waals surface area contributed by atoms with Gasteiger partial charge in [0, 0.05) is 5.56 Å². The van der Waals surface area contributed by atoms with Gasteiger partial charge in [-0.05, 0) is 18.2 Å². The SMILES string of the molecule is O=c1[nH]c(=O)c2c(-c3ccc(O)c(O)c3)onc2[nH]1. The molecule has 0 fully saturated rings. The van der Waals surface area contributed by atoms with E-state index in [9.17, 15) is 19.8 Å². The predicted octanol–water partition coefficient (Wildman–Crippen LogP) is 0.283. The van der Waals surface area contributed by atoms with E-state index in [4.69, 9.17) is 4.52 Å². The normalized spacial score (nSPS) is 10.9. The number of nitrogens with one attached hydrogen (secondary N) is 2. The first-order valence-corrected chi connectivity index (χ1v) is 5.20. The fourth-order valence-electron chi connectivity index (χ4n) is 1.75. The van der Waals surface area contributed by atoms with Gasteiger partial charge in [0.15, 0.2) is 22.9 Å². The monoisotopic (exact) mass is 261 g/mol. The van der Waals surface area contributed by atoms with Gasteiger partial charge in [0.25, 0.3) is 5.56 Å². The van der Waals surface area contributed by atoms with E-state index in [2.05, 4.69) is 15.1 Å². The van der Waals surface area contributed by atoms with Crippen LogP contribution < -0.4 is 11.2 Å². The molecule has 19 heavy (non-hydrogen) atoms. The number of H-pyrrole nitrogens is 2. The summed E-state index contributed by atoms with van der Waals surface area (Å²) in [5, 5.41) is 22.3. The number of phenolic OH excluding ortho intramolecular Hbond substituents is 2. The van der Waals surface area contributed by atoms with Crippen LogP contribution in [-0.4, -0.2) is 25.3 Å². The van der Waals surface area contributed by atoms with Gasteiger partial charge in [-0.2, -0.15) is 0 Å². The smallest absolute Gasteiger partial charge is 0.327 e. The molecule has 0 aliphatic rings. The summed E-state index contributed by atoms with van der Waals surface area (Å²) in [5.41, 5.74) is -0.986. The van der Waals surface area contributed by atoms with Crippen LogP contribution in [-0.2, 0) is 0 Å². The van der Waals surface area contributed by atoms with Gasteiger partial charge in [-0.1, -0.05) is 5.16 Å². The first-order chi connectivity index (χ1) is 9.06. The molecule has 0 unspecified atom stereocenters. The van der Waals surface area contributed by atoms with Gasteiger partial charge >= 0.3 is 5.69 Å². The third-order valence-corrected chi connectivity index (χ3v) is 2.62. The minimum Gasteiger partial charge on any atom is -0.504 e. The Hall–Kier alpha value is -3.03. The summed E-state index contributed by atoms with van der Waals surface area (Å²) in [7, 11) is 0. The van der Waals surface area contributed by atoms with Crippen LogP contribution in [0.1, 0.15) is 0 Å². The summed E-state index contributed by atoms with van der Waals surface area (Å²) in [4.78, 5) is 27.2. The fourth-order valence-corrected chi connectivity index (χ4v) is 1.75. The number of aromatic hydroxyl groups is 2. The first-order valence-electron chi connectivity index (χ1n) is 5.20. The summed E-state index contributed by atoms with van der Waals surface area (Å²) in [6, 6.07) is 3.91. The lowest BCUT2D eigenvalue weighted by Crippen LogP contribution is -2.21. The van der Waals surface area contributed by atoms with Crippen molar-refractivity contribution in [1.82, 2.24) is 15.1 Å². The third-order valence-electron chi connectivity index (χ3n) is 2.62. The Morgan fingerprint density at radius 1 is 1.11 bits per heavy atom. The van der Waals surface area contributed by atoms with Gasteiger partial charge in [-0.25, -0.2) is 4.79 Å². The van der Waals surface area contributed by atoms with E-state index in [1.165, 1.54) is 18.2 Å². The van der Waals surface area contributed by atoms with Crippen molar-refractivity contribution in [3.63, 3.8) is 0 Å². The van der Waals surface area contributed by atoms with Crippen molar-refractivity contribution in [2.75, 3.05) is 0 Å². The molecule has 1 aromatic carbocycles. The number of phenols is 2. The molecule has 0 spiro atoms. The highest BCUT2D eigenvalue weighted by Gasteiger charge is 2.16. The van der Waals surface area contributed by atoms with Crippen LogP contribution in [0, 0.1) is 0 Å². The summed E-state index contributed by atoms with van der Waals surface area (Å²) < 4.78 is 5.00. The molecule has 3 aromatic rings. The van der Waals surface area contributed by atoms with Crippen molar-refractivity contribution in [2.45, 2.75) is 0 Å². The highest BCUT2D eigenvalue weighted by atomic mass is 16.5. The Labute approximate surface area is 103 Å². The third kappa shape index (κ3) is 1.66. The average molecular weight is 261 g/mol. The first kappa shape index (κ1) is 11.1. The largest absolute Gasteiger partial charge is 0.504 e. The van der Waals surface area contributed by atoms with Crippen molar-refractivity contribution < 1.29 is 14.7 Å². The number of hydrogen-bond acceptors (Lipinski definition) is 6. The van der Waals surface area contributed by atoms with Gasteiger partial charge in [0.2, 0.25) is 0 Å². The van der Waals surface area contributed by atoms with E-state index >= 15 is 0 Å². The zero-order chi connectivity index (χ0) is 13.6. The molecule has 0 bridgehead atoms. The van der Waals surface area contributed by atoms with Gasteiger partial charge in [0.05, 0.1) is 0 Å². The average Bonchev–Trinajstić information content (AvgIpc) is 2.76. The maximum atomic E-state index is 11.7. The summed E-state index contributed by atoms with van der Waals surface area (Å²) in [6.07, 6.45) is 0. The molecule has 0 radical (unpaired) electrons. The second-order valence-corrected chi connectivity index (χ2v) is 3.85. The highest BCUT2D eigenvalue weighted by molar-refractivity contribution is 5.88. The van der Waals surface area contributed by atoms with Crippen LogP contribution in [0.15, 0.2) is 32.3 Å². The summed E-state index contributed by atoms with van der Waals surface area (Å²) in [5.74, 6) is -0.569. The second kappa shape index (κ2) is 3.73. The van der Waals surface area contributed by atoms with E-state index in [-0.39, 0.29) is 28.3 Å². The summed E-state index contributed by atoms with van der Waals surface area (Å²) in [6.45, 7) is 0. The molecule has 8 nitrogen and oxygen atoms in total. The number of aromatic amines is 2. The molecule has 0 saturated heterocycles. The number of nitrogens with zero attached hydrogens (tertiary/aromatic N) is 1. The minimum absolute atomic E-state index is 0.0105. The lowest BCUT2D eigenvalue weighted by molar-refractivity contribution is 0.403. The van der Waals surface area contributed by atoms with E-state index in [1.54, 1.807) is 0 Å². The molecule has 2 heterocycles. The highest BCUT2D eigenvalue weighted by Crippen LogP contribution is 2.32. The van der Waals surface area contributed by atoms with Gasteiger partial charge in [-0.15, -0.1) is 0 Å². The van der Waals surface area contributed by atoms with E-state index in [0.29, 0.717) is 5.56 Å². The van der Waals surface area contributed by atoms with Gasteiger partial charge in [0.1, 0.15) is 5.39 Å². The van der Waals surface area contributed by atoms with E-state index in [1.807, 2.05) is 0 Å². The molecular weight excluding hydrogens is 254 g/mol. The van der Waals surface area contributed by atoms with Crippen LogP contribution >= 0.6 is 0 Å². The van der Waals surface area contributed by atoms with Crippen molar-refractivity contribution in [1.29, 1.82) is 0 Å². The maximum Gasteiger partial charge on any atom is 0.327 e. The van der Waals surface area contributed by atoms with Crippen LogP contribution in [0.2, 0.25) is 0 Å². The topological polar surface area (TPSA) is 132 Å². The molecule has 0 amide bonds. The molecule has 0 aliphatic heterocycles. The lowest BCUT2D eigenvalue weighted by atomic mass is 10.1. The molecular formula is C11H7N3O5. The van der Waals surface area contributed by atoms with Crippen LogP contribution in [0.25, 0.3) is 22.4 Å². The fraction of sp³-hybridized carbons (Fsp3) is 0. The van der Waals surface area contributed by atoms with Crippen LogP contribution in [0.5, 0.6) is 11.5 Å². The zero-order valence-electron chi connectivity index (χ0n) is 9.30. The van der Waals surface area contributed by atoms with Crippen LogP contribution in [0.4, 0.5) is 0 Å². The van der Waals surface area contributed by atoms with Gasteiger partial charge in [-0.3, -0.25) is 14.8 Å². The maximum absolute atomic E-state index is 11.7. The molecule has 2 aromatic heterocycles. The van der Waals surface area contributed by atoms with Crippen molar-refractivity contribution >= 4 is 11.0 Å². The van der Waals surface area contributed by atoms with Crippen molar-refractivity contribution in [2.24, 2.45) is 0 Å². The lowest BCUT2D eigenvalue weighted by Gasteiger charge is -1.99. The number of benzene rings is 1. The molecule has 0 saturated carbocycles. The van der Waals surface area contributed by atoms with Crippen molar-refractivity contribution in [3.8, 4) is 22.8 Å². The Balaban J connectivity index is 2.34. The Morgan fingerprint density at radius 3 is 2.63 bits per heavy atom. The van der Waals surface area contributed by atoms with Crippen LogP contribution in [0.3, 0.4) is 0 Å². The quantitative estimate of drug-likeness (QED) is 0.465. The number of aromatic nitrogens is 3. The van der Waals surface area contributed by atoms with Gasteiger partial charge < -0.3 is 14.7 Å². The predicted molar refractivity (Wildman–Crippen MR) is 64.0 cm³/mol. The number of hydrogen-bond donors (Lipinski definition) is 4. The molecule has 3 rings (SSSR count). The minimum atomic E-state index is -0.689. The Bertz CT molecular complexity index is 889. The zero-order valence-corrected chi connectivity index (χ0v) is 9.30. The number of fused-ring (bicyclic) bond motifs is 1. The second-order valence-electron chi connectivity index (χ2n) is 3.85. The molecule has 0 atom stereocenters. The molecule has 8 heteroatoms. The molecule has 96 valence electrons. The standard InChI is InChI=1S/C11H7N3O5/c15-5-2-1-4(3-6(5)16)8-7-9(14-19-8)12-11(18)13-10(7)17/h1-3,15-16H,(H2,12,13,14,17,18). The van der Waals surface area contributed by atoms with E-state index in [0.717, 1.165) is 0 Å².